The van der Waals surface area contributed by atoms with Gasteiger partial charge in [-0.05, 0) is 42.8 Å². The van der Waals surface area contributed by atoms with Crippen LogP contribution >= 0.6 is 0 Å². The summed E-state index contributed by atoms with van der Waals surface area (Å²) in [6.45, 7) is 3.98. The van der Waals surface area contributed by atoms with Crippen LogP contribution < -0.4 is 4.81 Å². The maximum absolute atomic E-state index is 10.9. The number of hydrogen-bond acceptors (Lipinski definition) is 4. The number of aldehydes is 1. The van der Waals surface area contributed by atoms with E-state index in [1.807, 2.05) is 38.1 Å². The highest BCUT2D eigenvalue weighted by molar-refractivity contribution is 6.19. The summed E-state index contributed by atoms with van der Waals surface area (Å²) in [5, 5.41) is 2.91. The molecular weight excluding hydrogens is 263 g/mol. The number of benzene rings is 2. The number of nitrogens with zero attached hydrogens (tertiary/aromatic N) is 2. The molecule has 0 fully saturated rings. The summed E-state index contributed by atoms with van der Waals surface area (Å²) in [5.41, 5.74) is 2.94. The molecule has 0 N–H and O–H groups in total. The normalized spacial score (nSPS) is 10.4. The smallest absolute Gasteiger partial charge is 0.227 e. The van der Waals surface area contributed by atoms with E-state index >= 15 is 0 Å². The first-order chi connectivity index (χ1) is 10.1. The Balaban J connectivity index is 2.57. The van der Waals surface area contributed by atoms with Crippen molar-refractivity contribution in [1.82, 2.24) is 0 Å². The minimum Gasteiger partial charge on any atom is -0.422 e. The fourth-order valence-electron chi connectivity index (χ4n) is 2.11. The Morgan fingerprint density at radius 2 is 1.90 bits per heavy atom. The molecule has 0 saturated carbocycles. The zero-order chi connectivity index (χ0) is 15.4. The van der Waals surface area contributed by atoms with Crippen LogP contribution in [0.3, 0.4) is 0 Å². The molecule has 0 aromatic heterocycles. The Bertz CT molecular complexity index is 671. The molecule has 2 aromatic carbocycles. The molecule has 5 heteroatoms. The molecule has 0 heterocycles. The molecule has 2 radical (unpaired) electrons. The van der Waals surface area contributed by atoms with Gasteiger partial charge in [0.2, 0.25) is 7.98 Å². The van der Waals surface area contributed by atoms with E-state index in [1.54, 1.807) is 23.0 Å². The molecular formula is C16H15BN2O2. The molecule has 0 spiro atoms. The second kappa shape index (κ2) is 6.35. The van der Waals surface area contributed by atoms with Crippen LogP contribution in [-0.4, -0.2) is 20.3 Å². The number of nitroso groups, excluding NO2 is 1. The van der Waals surface area contributed by atoms with Gasteiger partial charge in [0.15, 0.2) is 6.29 Å². The average Bonchev–Trinajstić information content (AvgIpc) is 2.53. The number of hydrogen-bond donors (Lipinski definition) is 0. The molecule has 0 saturated heterocycles. The molecule has 0 bridgehead atoms. The van der Waals surface area contributed by atoms with Gasteiger partial charge >= 0.3 is 0 Å². The highest BCUT2D eigenvalue weighted by Crippen LogP contribution is 2.33. The van der Waals surface area contributed by atoms with Crippen molar-refractivity contribution >= 4 is 25.6 Å². The molecule has 0 aliphatic rings. The summed E-state index contributed by atoms with van der Waals surface area (Å²) >= 11 is 0. The zero-order valence-corrected chi connectivity index (χ0v) is 12.0. The van der Waals surface area contributed by atoms with Crippen LogP contribution in [0.2, 0.25) is 0 Å². The fourth-order valence-corrected chi connectivity index (χ4v) is 2.11. The minimum absolute atomic E-state index is 0.129. The number of anilines is 1. The summed E-state index contributed by atoms with van der Waals surface area (Å²) in [4.78, 5) is 23.4. The SMILES string of the molecule is [B]N(c1ccccc1-c1ccc(C=O)c(N=O)c1)C(C)C. The Kier molecular flexibility index (Phi) is 4.53. The van der Waals surface area contributed by atoms with Crippen LogP contribution in [0.25, 0.3) is 11.1 Å². The van der Waals surface area contributed by atoms with E-state index in [4.69, 9.17) is 7.98 Å². The Labute approximate surface area is 125 Å². The Morgan fingerprint density at radius 3 is 2.52 bits per heavy atom. The van der Waals surface area contributed by atoms with Crippen molar-refractivity contribution in [1.29, 1.82) is 0 Å². The lowest BCUT2D eigenvalue weighted by Crippen LogP contribution is -2.27. The number of carbonyl (C=O) groups excluding carboxylic acids is 1. The minimum atomic E-state index is 0.129. The van der Waals surface area contributed by atoms with Gasteiger partial charge in [0.1, 0.15) is 5.69 Å². The largest absolute Gasteiger partial charge is 0.422 e. The van der Waals surface area contributed by atoms with Gasteiger partial charge in [-0.1, -0.05) is 24.3 Å². The Morgan fingerprint density at radius 1 is 1.19 bits per heavy atom. The van der Waals surface area contributed by atoms with Gasteiger partial charge < -0.3 is 4.81 Å². The predicted octanol–water partition coefficient (Wildman–Crippen LogP) is 3.86. The summed E-state index contributed by atoms with van der Waals surface area (Å²) in [7, 11) is 6.09. The molecule has 104 valence electrons. The van der Waals surface area contributed by atoms with E-state index in [0.717, 1.165) is 16.8 Å². The standard InChI is InChI=1S/C16H15BN2O2/c1-11(2)19(17)16-6-4-3-5-14(16)12-7-8-13(10-20)15(9-12)18-21/h3-11H,1-2H3. The van der Waals surface area contributed by atoms with Gasteiger partial charge in [-0.2, -0.15) is 0 Å². The molecule has 0 atom stereocenters. The average molecular weight is 278 g/mol. The molecule has 0 unspecified atom stereocenters. The molecule has 0 aliphatic carbocycles. The van der Waals surface area contributed by atoms with Crippen molar-refractivity contribution in [3.8, 4) is 11.1 Å². The molecule has 4 nitrogen and oxygen atoms in total. The van der Waals surface area contributed by atoms with Crippen molar-refractivity contribution in [2.45, 2.75) is 19.9 Å². The third-order valence-corrected chi connectivity index (χ3v) is 3.31. The molecule has 2 rings (SSSR count). The van der Waals surface area contributed by atoms with Crippen molar-refractivity contribution < 1.29 is 4.79 Å². The highest BCUT2D eigenvalue weighted by Gasteiger charge is 2.12. The third kappa shape index (κ3) is 3.02. The fraction of sp³-hybridized carbons (Fsp3) is 0.188. The van der Waals surface area contributed by atoms with Gasteiger partial charge in [0.25, 0.3) is 0 Å². The summed E-state index contributed by atoms with van der Waals surface area (Å²) in [5.74, 6) is 0. The lowest BCUT2D eigenvalue weighted by Gasteiger charge is -2.27. The quantitative estimate of drug-likeness (QED) is 0.474. The number of carbonyl (C=O) groups is 1. The van der Waals surface area contributed by atoms with E-state index in [1.165, 1.54) is 0 Å². The van der Waals surface area contributed by atoms with Gasteiger partial charge in [-0.15, -0.1) is 4.91 Å². The molecule has 0 aliphatic heterocycles. The summed E-state index contributed by atoms with van der Waals surface area (Å²) < 4.78 is 0. The Hall–Kier alpha value is -2.43. The van der Waals surface area contributed by atoms with E-state index in [2.05, 4.69) is 5.18 Å². The van der Waals surface area contributed by atoms with Crippen LogP contribution in [0.5, 0.6) is 0 Å². The first-order valence-electron chi connectivity index (χ1n) is 6.64. The maximum atomic E-state index is 10.9. The predicted molar refractivity (Wildman–Crippen MR) is 86.1 cm³/mol. The van der Waals surface area contributed by atoms with Gasteiger partial charge in [0, 0.05) is 22.9 Å². The van der Waals surface area contributed by atoms with E-state index in [9.17, 15) is 9.70 Å². The first-order valence-corrected chi connectivity index (χ1v) is 6.64. The lowest BCUT2D eigenvalue weighted by atomic mass is 9.98. The van der Waals surface area contributed by atoms with Crippen LogP contribution in [0.15, 0.2) is 47.6 Å². The third-order valence-electron chi connectivity index (χ3n) is 3.31. The van der Waals surface area contributed by atoms with Crippen LogP contribution in [0, 0.1) is 4.91 Å². The molecule has 2 aromatic rings. The van der Waals surface area contributed by atoms with Crippen LogP contribution in [0.1, 0.15) is 24.2 Å². The maximum Gasteiger partial charge on any atom is 0.227 e. The molecule has 0 amide bonds. The summed E-state index contributed by atoms with van der Waals surface area (Å²) in [6.07, 6.45) is 0.621. The van der Waals surface area contributed by atoms with Crippen molar-refractivity contribution in [3.05, 3.63) is 52.9 Å². The number of para-hydroxylation sites is 1. The van der Waals surface area contributed by atoms with Gasteiger partial charge in [-0.25, -0.2) is 0 Å². The van der Waals surface area contributed by atoms with Crippen LogP contribution in [-0.2, 0) is 0 Å². The van der Waals surface area contributed by atoms with Gasteiger partial charge in [0.05, 0.1) is 0 Å². The van der Waals surface area contributed by atoms with Crippen LogP contribution in [0.4, 0.5) is 11.4 Å². The summed E-state index contributed by atoms with van der Waals surface area (Å²) in [6, 6.07) is 12.7. The second-order valence-corrected chi connectivity index (χ2v) is 5.00. The molecule has 21 heavy (non-hydrogen) atoms. The van der Waals surface area contributed by atoms with E-state index in [0.29, 0.717) is 6.29 Å². The van der Waals surface area contributed by atoms with Crippen molar-refractivity contribution in [2.75, 3.05) is 4.81 Å². The highest BCUT2D eigenvalue weighted by atomic mass is 16.3. The lowest BCUT2D eigenvalue weighted by molar-refractivity contribution is 0.112. The van der Waals surface area contributed by atoms with E-state index < -0.39 is 0 Å². The topological polar surface area (TPSA) is 49.7 Å². The van der Waals surface area contributed by atoms with E-state index in [-0.39, 0.29) is 17.3 Å². The first kappa shape index (κ1) is 15.0. The monoisotopic (exact) mass is 278 g/mol. The van der Waals surface area contributed by atoms with Crippen molar-refractivity contribution in [3.63, 3.8) is 0 Å². The van der Waals surface area contributed by atoms with Crippen molar-refractivity contribution in [2.24, 2.45) is 5.18 Å². The zero-order valence-electron chi connectivity index (χ0n) is 12.0. The number of rotatable bonds is 5. The second-order valence-electron chi connectivity index (χ2n) is 5.00. The van der Waals surface area contributed by atoms with Gasteiger partial charge in [-0.3, -0.25) is 4.79 Å².